The molecule has 1 aromatic heterocycles. The van der Waals surface area contributed by atoms with Crippen LogP contribution in [0, 0.1) is 0 Å². The van der Waals surface area contributed by atoms with Crippen molar-refractivity contribution in [3.63, 3.8) is 0 Å². The van der Waals surface area contributed by atoms with E-state index >= 15 is 0 Å². The zero-order valence-corrected chi connectivity index (χ0v) is 7.77. The van der Waals surface area contributed by atoms with E-state index in [1.807, 2.05) is 6.07 Å². The predicted octanol–water partition coefficient (Wildman–Crippen LogP) is 0.825. The summed E-state index contributed by atoms with van der Waals surface area (Å²) in [5.41, 5.74) is 1.29. The molecule has 0 fully saturated rings. The van der Waals surface area contributed by atoms with E-state index in [-0.39, 0.29) is 6.10 Å². The van der Waals surface area contributed by atoms with Gasteiger partial charge in [-0.25, -0.2) is 4.98 Å². The molecule has 1 aliphatic rings. The van der Waals surface area contributed by atoms with Crippen molar-refractivity contribution in [1.82, 2.24) is 4.98 Å². The van der Waals surface area contributed by atoms with Crippen molar-refractivity contribution in [3.8, 4) is 0 Å². The average Bonchev–Trinajstić information content (AvgIpc) is 2.48. The molecule has 1 unspecified atom stereocenters. The fraction of sp³-hybridized carbons (Fsp3) is 0.500. The second-order valence-electron chi connectivity index (χ2n) is 3.53. The molecule has 2 heterocycles. The number of aliphatic hydroxyl groups is 1. The molecule has 1 N–H and O–H groups in total. The second-order valence-corrected chi connectivity index (χ2v) is 3.53. The van der Waals surface area contributed by atoms with Gasteiger partial charge in [-0.3, -0.25) is 0 Å². The first-order valence-electron chi connectivity index (χ1n) is 4.64. The standard InChI is InChI=1S/C10H14N2O/c1-8(13)7-12-6-4-9-3-2-5-11-10(9)12/h2-3,5,8,13H,4,6-7H2,1H3. The molecule has 0 saturated carbocycles. The van der Waals surface area contributed by atoms with E-state index in [4.69, 9.17) is 0 Å². The van der Waals surface area contributed by atoms with Crippen molar-refractivity contribution >= 4 is 5.82 Å². The van der Waals surface area contributed by atoms with Gasteiger partial charge in [-0.1, -0.05) is 6.07 Å². The maximum Gasteiger partial charge on any atom is 0.131 e. The molecule has 13 heavy (non-hydrogen) atoms. The normalized spacial score (nSPS) is 17.2. The van der Waals surface area contributed by atoms with E-state index in [0.29, 0.717) is 6.54 Å². The zero-order valence-electron chi connectivity index (χ0n) is 7.77. The minimum absolute atomic E-state index is 0.284. The van der Waals surface area contributed by atoms with Gasteiger partial charge >= 0.3 is 0 Å². The van der Waals surface area contributed by atoms with E-state index in [9.17, 15) is 5.11 Å². The Bertz CT molecular complexity index is 299. The van der Waals surface area contributed by atoms with Gasteiger partial charge in [0.05, 0.1) is 6.10 Å². The van der Waals surface area contributed by atoms with Gasteiger partial charge in [0, 0.05) is 19.3 Å². The molecule has 0 aromatic carbocycles. The molecule has 3 nitrogen and oxygen atoms in total. The highest BCUT2D eigenvalue weighted by Crippen LogP contribution is 2.24. The largest absolute Gasteiger partial charge is 0.392 e. The van der Waals surface area contributed by atoms with Gasteiger partial charge in [0.2, 0.25) is 0 Å². The highest BCUT2D eigenvalue weighted by Gasteiger charge is 2.20. The van der Waals surface area contributed by atoms with Crippen molar-refractivity contribution < 1.29 is 5.11 Å². The Hall–Kier alpha value is -1.09. The van der Waals surface area contributed by atoms with Crippen LogP contribution in [0.3, 0.4) is 0 Å². The predicted molar refractivity (Wildman–Crippen MR) is 51.8 cm³/mol. The third kappa shape index (κ3) is 1.65. The summed E-state index contributed by atoms with van der Waals surface area (Å²) in [5, 5.41) is 9.27. The van der Waals surface area contributed by atoms with Gasteiger partial charge in [0.15, 0.2) is 0 Å². The Morgan fingerprint density at radius 1 is 1.69 bits per heavy atom. The molecular weight excluding hydrogens is 164 g/mol. The summed E-state index contributed by atoms with van der Waals surface area (Å²) < 4.78 is 0. The molecule has 0 radical (unpaired) electrons. The quantitative estimate of drug-likeness (QED) is 0.728. The highest BCUT2D eigenvalue weighted by molar-refractivity contribution is 5.51. The second kappa shape index (κ2) is 3.34. The van der Waals surface area contributed by atoms with E-state index in [1.54, 1.807) is 13.1 Å². The Balaban J connectivity index is 2.18. The van der Waals surface area contributed by atoms with Crippen LogP contribution in [0.5, 0.6) is 0 Å². The van der Waals surface area contributed by atoms with E-state index in [1.165, 1.54) is 5.56 Å². The van der Waals surface area contributed by atoms with Crippen LogP contribution in [0.4, 0.5) is 5.82 Å². The molecule has 0 amide bonds. The topological polar surface area (TPSA) is 36.4 Å². The summed E-state index contributed by atoms with van der Waals surface area (Å²) >= 11 is 0. The van der Waals surface area contributed by atoms with Crippen LogP contribution in [-0.2, 0) is 6.42 Å². The molecule has 0 spiro atoms. The summed E-state index contributed by atoms with van der Waals surface area (Å²) in [6, 6.07) is 4.06. The summed E-state index contributed by atoms with van der Waals surface area (Å²) in [6.07, 6.45) is 2.57. The molecule has 0 bridgehead atoms. The lowest BCUT2D eigenvalue weighted by Crippen LogP contribution is -2.29. The molecule has 1 aliphatic heterocycles. The third-order valence-electron chi connectivity index (χ3n) is 2.30. The molecule has 0 aliphatic carbocycles. The molecule has 70 valence electrons. The van der Waals surface area contributed by atoms with E-state index in [2.05, 4.69) is 16.0 Å². The van der Waals surface area contributed by atoms with E-state index in [0.717, 1.165) is 18.8 Å². The number of pyridine rings is 1. The number of rotatable bonds is 2. The number of hydrogen-bond donors (Lipinski definition) is 1. The first kappa shape index (κ1) is 8.51. The number of anilines is 1. The minimum Gasteiger partial charge on any atom is -0.392 e. The molecule has 3 heteroatoms. The van der Waals surface area contributed by atoms with Crippen molar-refractivity contribution in [2.45, 2.75) is 19.4 Å². The SMILES string of the molecule is CC(O)CN1CCc2cccnc21. The van der Waals surface area contributed by atoms with E-state index < -0.39 is 0 Å². The summed E-state index contributed by atoms with van der Waals surface area (Å²) in [4.78, 5) is 6.45. The molecule has 0 saturated heterocycles. The van der Waals surface area contributed by atoms with Gasteiger partial charge in [0.1, 0.15) is 5.82 Å². The first-order chi connectivity index (χ1) is 6.27. The fourth-order valence-electron chi connectivity index (χ4n) is 1.77. The van der Waals surface area contributed by atoms with Crippen LogP contribution in [0.2, 0.25) is 0 Å². The summed E-state index contributed by atoms with van der Waals surface area (Å²) in [6.45, 7) is 3.47. The number of nitrogens with zero attached hydrogens (tertiary/aromatic N) is 2. The molecule has 1 atom stereocenters. The zero-order chi connectivity index (χ0) is 9.26. The van der Waals surface area contributed by atoms with Crippen molar-refractivity contribution in [2.75, 3.05) is 18.0 Å². The van der Waals surface area contributed by atoms with Crippen LogP contribution >= 0.6 is 0 Å². The lowest BCUT2D eigenvalue weighted by Gasteiger charge is -2.19. The number of aromatic nitrogens is 1. The van der Waals surface area contributed by atoms with Gasteiger partial charge < -0.3 is 10.0 Å². The van der Waals surface area contributed by atoms with Crippen LogP contribution in [0.25, 0.3) is 0 Å². The molecule has 2 rings (SSSR count). The Morgan fingerprint density at radius 3 is 3.31 bits per heavy atom. The lowest BCUT2D eigenvalue weighted by molar-refractivity contribution is 0.200. The van der Waals surface area contributed by atoms with Crippen LogP contribution in [0.1, 0.15) is 12.5 Å². The van der Waals surface area contributed by atoms with Gasteiger partial charge in [-0.2, -0.15) is 0 Å². The van der Waals surface area contributed by atoms with Gasteiger partial charge in [0.25, 0.3) is 0 Å². The summed E-state index contributed by atoms with van der Waals surface area (Å²) in [7, 11) is 0. The fourth-order valence-corrected chi connectivity index (χ4v) is 1.77. The minimum atomic E-state index is -0.284. The van der Waals surface area contributed by atoms with Crippen molar-refractivity contribution in [1.29, 1.82) is 0 Å². The Morgan fingerprint density at radius 2 is 2.54 bits per heavy atom. The van der Waals surface area contributed by atoms with Crippen LogP contribution < -0.4 is 4.90 Å². The van der Waals surface area contributed by atoms with Crippen LogP contribution in [-0.4, -0.2) is 29.3 Å². The smallest absolute Gasteiger partial charge is 0.131 e. The first-order valence-corrected chi connectivity index (χ1v) is 4.64. The maximum atomic E-state index is 9.27. The monoisotopic (exact) mass is 178 g/mol. The average molecular weight is 178 g/mol. The number of β-amino-alcohol motifs (C(OH)–C–C–N with tert-alkyl or cyclic N) is 1. The highest BCUT2D eigenvalue weighted by atomic mass is 16.3. The number of aliphatic hydroxyl groups excluding tert-OH is 1. The van der Waals surface area contributed by atoms with Gasteiger partial charge in [-0.15, -0.1) is 0 Å². The third-order valence-corrected chi connectivity index (χ3v) is 2.30. The number of hydrogen-bond acceptors (Lipinski definition) is 3. The van der Waals surface area contributed by atoms with Crippen LogP contribution in [0.15, 0.2) is 18.3 Å². The summed E-state index contributed by atoms with van der Waals surface area (Å²) in [5.74, 6) is 1.04. The maximum absolute atomic E-state index is 9.27. The number of fused-ring (bicyclic) bond motifs is 1. The van der Waals surface area contributed by atoms with Crippen molar-refractivity contribution in [3.05, 3.63) is 23.9 Å². The molecule has 1 aromatic rings. The van der Waals surface area contributed by atoms with Gasteiger partial charge in [-0.05, 0) is 25.0 Å². The lowest BCUT2D eigenvalue weighted by atomic mass is 10.2. The van der Waals surface area contributed by atoms with Crippen molar-refractivity contribution in [2.24, 2.45) is 0 Å². The molecular formula is C10H14N2O. The Kier molecular flexibility index (Phi) is 2.19. The Labute approximate surface area is 78.0 Å².